The van der Waals surface area contributed by atoms with Crippen molar-refractivity contribution in [2.45, 2.75) is 26.0 Å². The Morgan fingerprint density at radius 3 is 2.55 bits per heavy atom. The van der Waals surface area contributed by atoms with E-state index in [0.29, 0.717) is 22.2 Å². The summed E-state index contributed by atoms with van der Waals surface area (Å²) < 4.78 is 6.00. The van der Waals surface area contributed by atoms with Crippen LogP contribution in [0.5, 0.6) is 0 Å². The van der Waals surface area contributed by atoms with Crippen LogP contribution in [0.25, 0.3) is 5.70 Å². The molecule has 0 saturated carbocycles. The molecule has 162 valence electrons. The fraction of sp³-hybridized carbons (Fsp3) is 0.619. The van der Waals surface area contributed by atoms with E-state index >= 15 is 0 Å². The molecule has 0 aliphatic carbocycles. The molecule has 2 saturated heterocycles. The van der Waals surface area contributed by atoms with Crippen molar-refractivity contribution in [1.29, 1.82) is 0 Å². The first-order valence-electron chi connectivity index (χ1n) is 10.4. The molecule has 2 aliphatic rings. The van der Waals surface area contributed by atoms with Gasteiger partial charge in [0, 0.05) is 64.0 Å². The van der Waals surface area contributed by atoms with Crippen LogP contribution in [0.4, 0.5) is 0 Å². The van der Waals surface area contributed by atoms with E-state index in [2.05, 4.69) is 40.0 Å². The van der Waals surface area contributed by atoms with Crippen molar-refractivity contribution in [3.8, 4) is 0 Å². The molecule has 29 heavy (non-hydrogen) atoms. The van der Waals surface area contributed by atoms with Crippen LogP contribution in [0.3, 0.4) is 0 Å². The van der Waals surface area contributed by atoms with Gasteiger partial charge in [0.25, 0.3) is 0 Å². The number of nitrogens with one attached hydrogen (secondary N) is 1. The van der Waals surface area contributed by atoms with E-state index in [1.807, 2.05) is 12.1 Å². The van der Waals surface area contributed by atoms with E-state index < -0.39 is 0 Å². The lowest BCUT2D eigenvalue weighted by atomic mass is 10.1. The van der Waals surface area contributed by atoms with Crippen LogP contribution < -0.4 is 11.3 Å². The minimum absolute atomic E-state index is 0.320. The van der Waals surface area contributed by atoms with Gasteiger partial charge >= 0.3 is 0 Å². The summed E-state index contributed by atoms with van der Waals surface area (Å²) in [6.45, 7) is 13.5. The number of rotatable bonds is 7. The van der Waals surface area contributed by atoms with Gasteiger partial charge in [0.1, 0.15) is 0 Å². The molecular formula is C21H33Cl2N5O. The van der Waals surface area contributed by atoms with Crippen molar-refractivity contribution in [3.63, 3.8) is 0 Å². The molecule has 6 nitrogen and oxygen atoms in total. The van der Waals surface area contributed by atoms with Gasteiger partial charge in [-0.15, -0.1) is 0 Å². The van der Waals surface area contributed by atoms with E-state index in [1.54, 1.807) is 6.07 Å². The second-order valence-electron chi connectivity index (χ2n) is 8.07. The maximum atomic E-state index is 6.13. The predicted octanol–water partition coefficient (Wildman–Crippen LogP) is 2.52. The molecule has 1 aromatic carbocycles. The number of halogens is 2. The van der Waals surface area contributed by atoms with Crippen LogP contribution in [0.15, 0.2) is 24.3 Å². The number of hydrazine groups is 1. The Morgan fingerprint density at radius 1 is 1.17 bits per heavy atom. The average molecular weight is 442 g/mol. The van der Waals surface area contributed by atoms with Gasteiger partial charge in [0.2, 0.25) is 0 Å². The first kappa shape index (κ1) is 22.8. The molecule has 1 atom stereocenters. The van der Waals surface area contributed by atoms with Gasteiger partial charge in [0.05, 0.1) is 28.5 Å². The second kappa shape index (κ2) is 11.0. The third-order valence-corrected chi connectivity index (χ3v) is 6.51. The van der Waals surface area contributed by atoms with Crippen LogP contribution in [0.1, 0.15) is 19.4 Å². The minimum atomic E-state index is 0.320. The molecule has 0 bridgehead atoms. The van der Waals surface area contributed by atoms with Crippen molar-refractivity contribution in [2.75, 3.05) is 59.0 Å². The van der Waals surface area contributed by atoms with Crippen molar-refractivity contribution in [1.82, 2.24) is 20.1 Å². The standard InChI is InChI=1S/C21H33Cl2N5O/c1-16(2)28-11-12-29-18(15-28)14-27-9-7-26(8-10-27)6-5-21(25-24)17-3-4-19(22)20(23)13-17/h3-5,13,16,18,25H,6-12,14-15,24H2,1-2H3/b21-5-. The average Bonchev–Trinajstić information content (AvgIpc) is 2.72. The summed E-state index contributed by atoms with van der Waals surface area (Å²) in [7, 11) is 0. The lowest BCUT2D eigenvalue weighted by molar-refractivity contribution is -0.0560. The normalized spacial score (nSPS) is 23.0. The van der Waals surface area contributed by atoms with Crippen molar-refractivity contribution in [2.24, 2.45) is 5.84 Å². The van der Waals surface area contributed by atoms with Crippen LogP contribution in [0.2, 0.25) is 10.0 Å². The van der Waals surface area contributed by atoms with E-state index in [-0.39, 0.29) is 0 Å². The number of ether oxygens (including phenoxy) is 1. The molecule has 0 radical (unpaired) electrons. The number of morpholine rings is 1. The summed E-state index contributed by atoms with van der Waals surface area (Å²) in [5.74, 6) is 5.73. The van der Waals surface area contributed by atoms with Crippen LogP contribution >= 0.6 is 23.2 Å². The number of hydrogen-bond donors (Lipinski definition) is 2. The Bertz CT molecular complexity index is 692. The topological polar surface area (TPSA) is 57.0 Å². The third-order valence-electron chi connectivity index (χ3n) is 5.77. The summed E-state index contributed by atoms with van der Waals surface area (Å²) in [6.07, 6.45) is 2.43. The zero-order valence-electron chi connectivity index (χ0n) is 17.4. The van der Waals surface area contributed by atoms with E-state index in [0.717, 1.165) is 70.2 Å². The predicted molar refractivity (Wildman–Crippen MR) is 121 cm³/mol. The summed E-state index contributed by atoms with van der Waals surface area (Å²) in [4.78, 5) is 7.48. The summed E-state index contributed by atoms with van der Waals surface area (Å²) in [6, 6.07) is 6.13. The lowest BCUT2D eigenvalue weighted by Crippen LogP contribution is -2.53. The number of nitrogens with zero attached hydrogens (tertiary/aromatic N) is 3. The fourth-order valence-electron chi connectivity index (χ4n) is 3.91. The minimum Gasteiger partial charge on any atom is -0.374 e. The van der Waals surface area contributed by atoms with E-state index in [1.165, 1.54) is 0 Å². The number of hydrogen-bond acceptors (Lipinski definition) is 6. The van der Waals surface area contributed by atoms with Gasteiger partial charge in [-0.2, -0.15) is 0 Å². The van der Waals surface area contributed by atoms with Crippen molar-refractivity contribution >= 4 is 28.9 Å². The molecular weight excluding hydrogens is 409 g/mol. The van der Waals surface area contributed by atoms with Crippen molar-refractivity contribution in [3.05, 3.63) is 39.9 Å². The zero-order chi connectivity index (χ0) is 20.8. The Hall–Kier alpha value is -0.860. The van der Waals surface area contributed by atoms with Gasteiger partial charge < -0.3 is 10.2 Å². The maximum Gasteiger partial charge on any atom is 0.0829 e. The van der Waals surface area contributed by atoms with Crippen molar-refractivity contribution < 1.29 is 4.74 Å². The molecule has 2 heterocycles. The van der Waals surface area contributed by atoms with Crippen LogP contribution in [-0.2, 0) is 4.74 Å². The highest BCUT2D eigenvalue weighted by Crippen LogP contribution is 2.25. The SMILES string of the molecule is CC(C)N1CCOC(CN2CCN(C/C=C(\NN)c3ccc(Cl)c(Cl)c3)CC2)C1. The highest BCUT2D eigenvalue weighted by Gasteiger charge is 2.25. The number of nitrogens with two attached hydrogens (primary N) is 1. The molecule has 2 aliphatic heterocycles. The zero-order valence-corrected chi connectivity index (χ0v) is 18.9. The Labute approximate surface area is 184 Å². The summed E-state index contributed by atoms with van der Waals surface area (Å²) in [5, 5.41) is 1.07. The van der Waals surface area contributed by atoms with Crippen LogP contribution in [-0.4, -0.2) is 85.8 Å². The highest BCUT2D eigenvalue weighted by molar-refractivity contribution is 6.42. The quantitative estimate of drug-likeness (QED) is 0.500. The van der Waals surface area contributed by atoms with Crippen LogP contribution in [0, 0.1) is 0 Å². The summed E-state index contributed by atoms with van der Waals surface area (Å²) in [5.41, 5.74) is 4.57. The second-order valence-corrected chi connectivity index (χ2v) is 8.89. The van der Waals surface area contributed by atoms with E-state index in [9.17, 15) is 0 Å². The Kier molecular flexibility index (Phi) is 8.62. The molecule has 2 fully saturated rings. The Morgan fingerprint density at radius 2 is 1.90 bits per heavy atom. The molecule has 0 amide bonds. The molecule has 3 N–H and O–H groups in total. The summed E-state index contributed by atoms with van der Waals surface area (Å²) >= 11 is 12.1. The van der Waals surface area contributed by atoms with Gasteiger partial charge in [-0.3, -0.25) is 20.5 Å². The number of piperazine rings is 1. The van der Waals surface area contributed by atoms with Gasteiger partial charge in [-0.05, 0) is 32.1 Å². The highest BCUT2D eigenvalue weighted by atomic mass is 35.5. The van der Waals surface area contributed by atoms with Gasteiger partial charge in [0.15, 0.2) is 0 Å². The van der Waals surface area contributed by atoms with Gasteiger partial charge in [-0.25, -0.2) is 0 Å². The molecule has 1 aromatic rings. The largest absolute Gasteiger partial charge is 0.374 e. The lowest BCUT2D eigenvalue weighted by Gasteiger charge is -2.40. The Balaban J connectivity index is 1.46. The van der Waals surface area contributed by atoms with Gasteiger partial charge in [-0.1, -0.05) is 29.3 Å². The molecule has 1 unspecified atom stereocenters. The monoisotopic (exact) mass is 441 g/mol. The molecule has 0 aromatic heterocycles. The smallest absolute Gasteiger partial charge is 0.0829 e. The number of benzene rings is 1. The molecule has 8 heteroatoms. The molecule has 3 rings (SSSR count). The fourth-order valence-corrected chi connectivity index (χ4v) is 4.21. The molecule has 0 spiro atoms. The van der Waals surface area contributed by atoms with E-state index in [4.69, 9.17) is 33.8 Å². The first-order valence-corrected chi connectivity index (χ1v) is 11.1. The first-order chi connectivity index (χ1) is 14.0. The third kappa shape index (κ3) is 6.56. The maximum absolute atomic E-state index is 6.13.